The Morgan fingerprint density at radius 3 is 3.25 bits per heavy atom. The van der Waals surface area contributed by atoms with Gasteiger partial charge in [0.2, 0.25) is 5.91 Å². The van der Waals surface area contributed by atoms with E-state index >= 15 is 0 Å². The van der Waals surface area contributed by atoms with Crippen LogP contribution in [0.3, 0.4) is 0 Å². The van der Waals surface area contributed by atoms with E-state index in [1.165, 1.54) is 0 Å². The topological polar surface area (TPSA) is 29.5 Å². The van der Waals surface area contributed by atoms with Crippen molar-refractivity contribution in [1.29, 1.82) is 0 Å². The lowest BCUT2D eigenvalue weighted by Gasteiger charge is -2.28. The van der Waals surface area contributed by atoms with E-state index in [2.05, 4.69) is 6.92 Å². The van der Waals surface area contributed by atoms with E-state index in [1.54, 1.807) is 6.08 Å². The summed E-state index contributed by atoms with van der Waals surface area (Å²) in [6.07, 6.45) is 4.40. The number of ether oxygens (including phenoxy) is 1. The summed E-state index contributed by atoms with van der Waals surface area (Å²) in [7, 11) is 0. The molecule has 1 saturated heterocycles. The van der Waals surface area contributed by atoms with Gasteiger partial charge < -0.3 is 9.64 Å². The van der Waals surface area contributed by atoms with Crippen LogP contribution in [0.5, 0.6) is 0 Å². The van der Waals surface area contributed by atoms with Gasteiger partial charge in [0.1, 0.15) is 0 Å². The third-order valence-electron chi connectivity index (χ3n) is 2.66. The summed E-state index contributed by atoms with van der Waals surface area (Å²) >= 11 is 0. The predicted octanol–water partition coefficient (Wildman–Crippen LogP) is 0.910. The van der Waals surface area contributed by atoms with Gasteiger partial charge in [-0.2, -0.15) is 0 Å². The number of amides is 1. The van der Waals surface area contributed by atoms with Crippen molar-refractivity contribution in [3.8, 4) is 0 Å². The SMILES string of the molecule is CC[C@H]1CO[C@@]2(C)C=CC(=O)N12. The number of carbonyl (C=O) groups is 1. The van der Waals surface area contributed by atoms with E-state index in [9.17, 15) is 4.79 Å². The first-order valence-electron chi connectivity index (χ1n) is 4.34. The number of fused-ring (bicyclic) bond motifs is 1. The van der Waals surface area contributed by atoms with E-state index in [1.807, 2.05) is 17.9 Å². The molecule has 2 aliphatic heterocycles. The first-order chi connectivity index (χ1) is 5.67. The number of rotatable bonds is 1. The molecule has 0 aromatic heterocycles. The van der Waals surface area contributed by atoms with Gasteiger partial charge in [-0.1, -0.05) is 6.92 Å². The number of hydrogen-bond donors (Lipinski definition) is 0. The van der Waals surface area contributed by atoms with Crippen molar-refractivity contribution in [3.63, 3.8) is 0 Å². The molecule has 3 nitrogen and oxygen atoms in total. The summed E-state index contributed by atoms with van der Waals surface area (Å²) in [5.41, 5.74) is -0.447. The molecule has 0 bridgehead atoms. The van der Waals surface area contributed by atoms with Crippen LogP contribution in [0, 0.1) is 0 Å². The smallest absolute Gasteiger partial charge is 0.249 e. The zero-order valence-corrected chi connectivity index (χ0v) is 7.41. The second-order valence-corrected chi connectivity index (χ2v) is 3.47. The van der Waals surface area contributed by atoms with Crippen LogP contribution >= 0.6 is 0 Å². The minimum Gasteiger partial charge on any atom is -0.350 e. The van der Waals surface area contributed by atoms with Crippen molar-refractivity contribution in [2.24, 2.45) is 0 Å². The maximum absolute atomic E-state index is 11.4. The van der Waals surface area contributed by atoms with Crippen LogP contribution in [-0.4, -0.2) is 29.2 Å². The van der Waals surface area contributed by atoms with Crippen LogP contribution in [0.1, 0.15) is 20.3 Å². The minimum absolute atomic E-state index is 0.0850. The molecule has 12 heavy (non-hydrogen) atoms. The highest BCUT2D eigenvalue weighted by Crippen LogP contribution is 2.34. The number of carbonyl (C=O) groups excluding carboxylic acids is 1. The lowest BCUT2D eigenvalue weighted by Crippen LogP contribution is -2.43. The molecule has 3 heteroatoms. The molecule has 0 spiro atoms. The van der Waals surface area contributed by atoms with Gasteiger partial charge in [0.15, 0.2) is 5.72 Å². The lowest BCUT2D eigenvalue weighted by atomic mass is 10.2. The van der Waals surface area contributed by atoms with Gasteiger partial charge in [-0.15, -0.1) is 0 Å². The molecular formula is C9H13NO2. The molecule has 0 unspecified atom stereocenters. The standard InChI is InChI=1S/C9H13NO2/c1-3-7-6-12-9(2)5-4-8(11)10(7)9/h4-5,7H,3,6H2,1-2H3/t7-,9-/m0/s1. The van der Waals surface area contributed by atoms with E-state index in [0.29, 0.717) is 6.61 Å². The Kier molecular flexibility index (Phi) is 1.51. The Bertz CT molecular complexity index is 249. The van der Waals surface area contributed by atoms with Crippen LogP contribution in [0.25, 0.3) is 0 Å². The summed E-state index contributed by atoms with van der Waals surface area (Å²) in [4.78, 5) is 13.2. The van der Waals surface area contributed by atoms with E-state index in [0.717, 1.165) is 6.42 Å². The lowest BCUT2D eigenvalue weighted by molar-refractivity contribution is -0.134. The predicted molar refractivity (Wildman–Crippen MR) is 44.4 cm³/mol. The van der Waals surface area contributed by atoms with Crippen molar-refractivity contribution >= 4 is 5.91 Å². The van der Waals surface area contributed by atoms with Crippen molar-refractivity contribution in [1.82, 2.24) is 4.90 Å². The van der Waals surface area contributed by atoms with Gasteiger partial charge in [0, 0.05) is 6.08 Å². The van der Waals surface area contributed by atoms with Crippen molar-refractivity contribution in [2.45, 2.75) is 32.0 Å². The largest absolute Gasteiger partial charge is 0.350 e. The molecule has 66 valence electrons. The molecule has 1 fully saturated rings. The fourth-order valence-electron chi connectivity index (χ4n) is 1.91. The van der Waals surface area contributed by atoms with Gasteiger partial charge in [-0.3, -0.25) is 4.79 Å². The van der Waals surface area contributed by atoms with Gasteiger partial charge in [0.05, 0.1) is 12.6 Å². The Hall–Kier alpha value is -0.830. The van der Waals surface area contributed by atoms with Crippen molar-refractivity contribution in [2.75, 3.05) is 6.61 Å². The fourth-order valence-corrected chi connectivity index (χ4v) is 1.91. The zero-order chi connectivity index (χ0) is 8.77. The van der Waals surface area contributed by atoms with Crippen LogP contribution in [0.2, 0.25) is 0 Å². The number of nitrogens with zero attached hydrogens (tertiary/aromatic N) is 1. The summed E-state index contributed by atoms with van der Waals surface area (Å²) in [5.74, 6) is 0.0850. The van der Waals surface area contributed by atoms with Crippen LogP contribution < -0.4 is 0 Å². The Labute approximate surface area is 72.0 Å². The average molecular weight is 167 g/mol. The summed E-state index contributed by atoms with van der Waals surface area (Å²) in [6.45, 7) is 4.68. The third-order valence-corrected chi connectivity index (χ3v) is 2.66. The molecule has 0 aliphatic carbocycles. The van der Waals surface area contributed by atoms with E-state index in [-0.39, 0.29) is 11.9 Å². The molecule has 2 rings (SSSR count). The van der Waals surface area contributed by atoms with Gasteiger partial charge >= 0.3 is 0 Å². The maximum Gasteiger partial charge on any atom is 0.249 e. The molecule has 0 saturated carbocycles. The summed E-state index contributed by atoms with van der Waals surface area (Å²) < 4.78 is 5.56. The van der Waals surface area contributed by atoms with E-state index < -0.39 is 5.72 Å². The molecule has 0 N–H and O–H groups in total. The quantitative estimate of drug-likeness (QED) is 0.581. The first-order valence-corrected chi connectivity index (χ1v) is 4.34. The molecule has 0 aromatic carbocycles. The average Bonchev–Trinajstić information content (AvgIpc) is 2.51. The van der Waals surface area contributed by atoms with Crippen LogP contribution in [-0.2, 0) is 9.53 Å². The third kappa shape index (κ3) is 0.829. The van der Waals surface area contributed by atoms with Crippen LogP contribution in [0.15, 0.2) is 12.2 Å². The molecule has 2 heterocycles. The Morgan fingerprint density at radius 2 is 2.58 bits per heavy atom. The first kappa shape index (κ1) is 7.80. The van der Waals surface area contributed by atoms with Gasteiger partial charge in [0.25, 0.3) is 0 Å². The fraction of sp³-hybridized carbons (Fsp3) is 0.667. The molecule has 0 aromatic rings. The molecule has 2 atom stereocenters. The molecular weight excluding hydrogens is 154 g/mol. The molecule has 2 aliphatic rings. The van der Waals surface area contributed by atoms with Gasteiger partial charge in [-0.25, -0.2) is 0 Å². The van der Waals surface area contributed by atoms with Gasteiger partial charge in [-0.05, 0) is 19.4 Å². The second kappa shape index (κ2) is 2.33. The molecule has 1 amide bonds. The highest BCUT2D eigenvalue weighted by molar-refractivity contribution is 5.91. The Morgan fingerprint density at radius 1 is 1.83 bits per heavy atom. The second-order valence-electron chi connectivity index (χ2n) is 3.47. The van der Waals surface area contributed by atoms with Crippen LogP contribution in [0.4, 0.5) is 0 Å². The van der Waals surface area contributed by atoms with Crippen molar-refractivity contribution in [3.05, 3.63) is 12.2 Å². The highest BCUT2D eigenvalue weighted by Gasteiger charge is 2.47. The summed E-state index contributed by atoms with van der Waals surface area (Å²) in [5, 5.41) is 0. The minimum atomic E-state index is -0.447. The maximum atomic E-state index is 11.4. The highest BCUT2D eigenvalue weighted by atomic mass is 16.5. The van der Waals surface area contributed by atoms with Crippen molar-refractivity contribution < 1.29 is 9.53 Å². The monoisotopic (exact) mass is 167 g/mol. The normalized spacial score (nSPS) is 39.3. The number of hydrogen-bond acceptors (Lipinski definition) is 2. The van der Waals surface area contributed by atoms with E-state index in [4.69, 9.17) is 4.74 Å². The zero-order valence-electron chi connectivity index (χ0n) is 7.41. The molecule has 0 radical (unpaired) electrons. The summed E-state index contributed by atoms with van der Waals surface area (Å²) in [6, 6.07) is 0.262. The Balaban J connectivity index is 2.29.